The van der Waals surface area contributed by atoms with Crippen LogP contribution in [-0.4, -0.2) is 56.8 Å². The van der Waals surface area contributed by atoms with Gasteiger partial charge in [0.15, 0.2) is 11.5 Å². The van der Waals surface area contributed by atoms with E-state index in [2.05, 4.69) is 23.1 Å². The second-order valence-corrected chi connectivity index (χ2v) is 11.1. The summed E-state index contributed by atoms with van der Waals surface area (Å²) in [7, 11) is 4.72. The molecule has 6 rings (SSSR count). The molecule has 0 saturated carbocycles. The Balaban J connectivity index is 1.24. The molecular weight excluding hydrogens is 552 g/mol. The maximum atomic E-state index is 12.3. The number of carbonyl (C=O) groups excluding carboxylic acids is 1. The molecule has 7 nitrogen and oxygen atoms in total. The van der Waals surface area contributed by atoms with Gasteiger partial charge in [0.2, 0.25) is 5.75 Å². The van der Waals surface area contributed by atoms with Crippen molar-refractivity contribution in [2.75, 3.05) is 41.0 Å². The maximum absolute atomic E-state index is 12.3. The summed E-state index contributed by atoms with van der Waals surface area (Å²) in [4.78, 5) is 19.6. The molecule has 216 valence electrons. The highest BCUT2D eigenvalue weighted by Crippen LogP contribution is 2.40. The van der Waals surface area contributed by atoms with E-state index in [9.17, 15) is 4.79 Å². The zero-order valence-electron chi connectivity index (χ0n) is 24.0. The van der Waals surface area contributed by atoms with Crippen molar-refractivity contribution in [3.63, 3.8) is 0 Å². The smallest absolute Gasteiger partial charge is 0.336 e. The largest absolute Gasteiger partial charge is 0.493 e. The number of carbonyl (C=O) groups is 1. The van der Waals surface area contributed by atoms with Crippen LogP contribution < -0.4 is 14.2 Å². The number of benzene rings is 2. The summed E-state index contributed by atoms with van der Waals surface area (Å²) in [5.41, 5.74) is 9.20. The number of esters is 1. The summed E-state index contributed by atoms with van der Waals surface area (Å²) in [6.45, 7) is 2.35. The Morgan fingerprint density at radius 3 is 2.40 bits per heavy atom. The summed E-state index contributed by atoms with van der Waals surface area (Å²) < 4.78 is 22.0. The molecule has 0 spiro atoms. The van der Waals surface area contributed by atoms with Crippen LogP contribution in [0.1, 0.15) is 40.8 Å². The van der Waals surface area contributed by atoms with Crippen LogP contribution in [0.2, 0.25) is 5.02 Å². The van der Waals surface area contributed by atoms with Gasteiger partial charge in [0.25, 0.3) is 0 Å². The van der Waals surface area contributed by atoms with E-state index < -0.39 is 0 Å². The van der Waals surface area contributed by atoms with Crippen LogP contribution in [0.3, 0.4) is 0 Å². The summed E-state index contributed by atoms with van der Waals surface area (Å²) in [6.07, 6.45) is 9.05. The van der Waals surface area contributed by atoms with Gasteiger partial charge in [-0.15, -0.1) is 0 Å². The lowest BCUT2D eigenvalue weighted by Gasteiger charge is -2.30. The van der Waals surface area contributed by atoms with Gasteiger partial charge in [-0.1, -0.05) is 29.3 Å². The van der Waals surface area contributed by atoms with Gasteiger partial charge >= 0.3 is 5.97 Å². The Morgan fingerprint density at radius 2 is 1.69 bits per heavy atom. The van der Waals surface area contributed by atoms with E-state index in [-0.39, 0.29) is 5.97 Å². The average molecular weight is 585 g/mol. The van der Waals surface area contributed by atoms with E-state index in [0.29, 0.717) is 29.6 Å². The lowest BCUT2D eigenvalue weighted by Crippen LogP contribution is -2.33. The molecule has 3 heterocycles. The Labute approximate surface area is 251 Å². The second kappa shape index (κ2) is 12.0. The molecule has 0 amide bonds. The van der Waals surface area contributed by atoms with Gasteiger partial charge in [-0.3, -0.25) is 9.88 Å². The standard InChI is InChI=1S/C34H33ClN2O5/c1-39-29-16-21(17-30(40-2)34(29)41-3)15-28-25(19-31(38)42-28)20-37-13-10-22(11-14-37)32-27-9-8-26(35)18-24(27)7-6-23-5-4-12-36-33(23)32/h4-5,8-9,12,15-19H,6-7,10-11,13-14,20H2,1-3H3/b28-15-. The average Bonchev–Trinajstić information content (AvgIpc) is 3.25. The minimum absolute atomic E-state index is 0.361. The zero-order valence-corrected chi connectivity index (χ0v) is 24.8. The lowest BCUT2D eigenvalue weighted by atomic mass is 9.88. The Hall–Kier alpha value is -4.07. The van der Waals surface area contributed by atoms with E-state index in [1.807, 2.05) is 36.5 Å². The normalized spacial score (nSPS) is 17.8. The number of methoxy groups -OCH3 is 3. The zero-order chi connectivity index (χ0) is 29.2. The topological polar surface area (TPSA) is 70.1 Å². The predicted molar refractivity (Wildman–Crippen MR) is 163 cm³/mol. The fourth-order valence-electron chi connectivity index (χ4n) is 6.10. The number of ether oxygens (including phenoxy) is 4. The summed E-state index contributed by atoms with van der Waals surface area (Å²) in [5, 5.41) is 0.767. The molecule has 2 aliphatic heterocycles. The van der Waals surface area contributed by atoms with Crippen LogP contribution in [0.15, 0.2) is 71.6 Å². The van der Waals surface area contributed by atoms with Crippen molar-refractivity contribution in [1.82, 2.24) is 9.88 Å². The first kappa shape index (κ1) is 28.1. The first-order chi connectivity index (χ1) is 20.5. The molecule has 1 fully saturated rings. The van der Waals surface area contributed by atoms with Crippen LogP contribution in [0.5, 0.6) is 17.2 Å². The number of halogens is 1. The first-order valence-corrected chi connectivity index (χ1v) is 14.5. The van der Waals surface area contributed by atoms with Crippen LogP contribution in [0.4, 0.5) is 0 Å². The van der Waals surface area contributed by atoms with Crippen LogP contribution in [0.25, 0.3) is 11.6 Å². The number of rotatable bonds is 6. The van der Waals surface area contributed by atoms with Crippen molar-refractivity contribution in [1.29, 1.82) is 0 Å². The molecule has 0 unspecified atom stereocenters. The number of aryl methyl sites for hydroxylation is 2. The van der Waals surface area contributed by atoms with Gasteiger partial charge in [-0.2, -0.15) is 0 Å². The van der Waals surface area contributed by atoms with Gasteiger partial charge in [0, 0.05) is 48.1 Å². The van der Waals surface area contributed by atoms with E-state index in [0.717, 1.165) is 60.6 Å². The molecule has 0 radical (unpaired) electrons. The number of nitrogens with zero attached hydrogens (tertiary/aromatic N) is 2. The second-order valence-electron chi connectivity index (χ2n) is 10.6. The minimum atomic E-state index is -0.361. The summed E-state index contributed by atoms with van der Waals surface area (Å²) in [6, 6.07) is 14.1. The highest BCUT2D eigenvalue weighted by atomic mass is 35.5. The van der Waals surface area contributed by atoms with Crippen LogP contribution in [-0.2, 0) is 22.4 Å². The number of hydrogen-bond donors (Lipinski definition) is 0. The molecule has 42 heavy (non-hydrogen) atoms. The molecule has 2 aromatic carbocycles. The van der Waals surface area contributed by atoms with E-state index in [4.69, 9.17) is 35.5 Å². The van der Waals surface area contributed by atoms with E-state index in [1.54, 1.807) is 27.4 Å². The number of piperidine rings is 1. The molecule has 1 aromatic heterocycles. The van der Waals surface area contributed by atoms with Crippen molar-refractivity contribution in [3.05, 3.63) is 105 Å². The van der Waals surface area contributed by atoms with E-state index in [1.165, 1.54) is 27.8 Å². The molecule has 0 bridgehead atoms. The van der Waals surface area contributed by atoms with Crippen LogP contribution >= 0.6 is 11.6 Å². The third-order valence-electron chi connectivity index (χ3n) is 8.14. The molecule has 1 aliphatic carbocycles. The van der Waals surface area contributed by atoms with Crippen molar-refractivity contribution >= 4 is 29.2 Å². The number of fused-ring (bicyclic) bond motifs is 2. The number of cyclic esters (lactones) is 1. The third kappa shape index (κ3) is 5.54. The first-order valence-electron chi connectivity index (χ1n) is 14.1. The van der Waals surface area contributed by atoms with E-state index >= 15 is 0 Å². The van der Waals surface area contributed by atoms with Crippen molar-refractivity contribution in [3.8, 4) is 17.2 Å². The number of hydrogen-bond acceptors (Lipinski definition) is 7. The highest BCUT2D eigenvalue weighted by Gasteiger charge is 2.28. The quantitative estimate of drug-likeness (QED) is 0.316. The Kier molecular flexibility index (Phi) is 8.05. The van der Waals surface area contributed by atoms with Crippen molar-refractivity contribution < 1.29 is 23.7 Å². The SMILES string of the molecule is COc1cc(/C=C2\OC(=O)C=C2CN2CCC(=C3c4ccc(Cl)cc4CCc4cccnc43)CC2)cc(OC)c1OC. The molecule has 3 aliphatic rings. The van der Waals surface area contributed by atoms with Crippen LogP contribution in [0, 0.1) is 0 Å². The third-order valence-corrected chi connectivity index (χ3v) is 8.37. The Bertz CT molecular complexity index is 1610. The molecule has 3 aromatic rings. The molecular formula is C34H33ClN2O5. The molecule has 1 saturated heterocycles. The number of aromatic nitrogens is 1. The Morgan fingerprint density at radius 1 is 0.952 bits per heavy atom. The lowest BCUT2D eigenvalue weighted by molar-refractivity contribution is -0.132. The monoisotopic (exact) mass is 584 g/mol. The van der Waals surface area contributed by atoms with Crippen molar-refractivity contribution in [2.45, 2.75) is 25.7 Å². The van der Waals surface area contributed by atoms with Gasteiger partial charge < -0.3 is 18.9 Å². The van der Waals surface area contributed by atoms with Gasteiger partial charge in [0.05, 0.1) is 27.0 Å². The fourth-order valence-corrected chi connectivity index (χ4v) is 6.30. The van der Waals surface area contributed by atoms with Crippen molar-refractivity contribution in [2.24, 2.45) is 0 Å². The van der Waals surface area contributed by atoms with Gasteiger partial charge in [-0.25, -0.2) is 4.79 Å². The fraction of sp³-hybridized carbons (Fsp3) is 0.294. The number of likely N-dealkylation sites (tertiary alicyclic amines) is 1. The minimum Gasteiger partial charge on any atom is -0.493 e. The maximum Gasteiger partial charge on any atom is 0.336 e. The molecule has 8 heteroatoms. The summed E-state index contributed by atoms with van der Waals surface area (Å²) >= 11 is 6.39. The highest BCUT2D eigenvalue weighted by molar-refractivity contribution is 6.30. The predicted octanol–water partition coefficient (Wildman–Crippen LogP) is 6.28. The van der Waals surface area contributed by atoms with Gasteiger partial charge in [0.1, 0.15) is 5.76 Å². The summed E-state index contributed by atoms with van der Waals surface area (Å²) in [5.74, 6) is 1.75. The number of pyridine rings is 1. The molecule has 0 atom stereocenters. The molecule has 0 N–H and O–H groups in total. The van der Waals surface area contributed by atoms with Gasteiger partial charge in [-0.05, 0) is 84.3 Å².